The molecule has 1 aliphatic rings. The van der Waals surface area contributed by atoms with Gasteiger partial charge >= 0.3 is 0 Å². The molecule has 0 saturated carbocycles. The van der Waals surface area contributed by atoms with Gasteiger partial charge in [-0.3, -0.25) is 9.88 Å². The second kappa shape index (κ2) is 6.30. The molecule has 112 valence electrons. The summed E-state index contributed by atoms with van der Waals surface area (Å²) in [5, 5.41) is 10.7. The number of β-amino-alcohol motifs (C(OH)–C–C–N with tert-alkyl or cyclic N) is 1. The van der Waals surface area contributed by atoms with Crippen molar-refractivity contribution < 1.29 is 5.11 Å². The molecule has 4 nitrogen and oxygen atoms in total. The highest BCUT2D eigenvalue weighted by molar-refractivity contribution is 9.10. The van der Waals surface area contributed by atoms with Gasteiger partial charge in [-0.1, -0.05) is 15.9 Å². The SMILES string of the molecule is C[C@@H](O)CN1CCN(c2ccnc3ccc(Br)cc23)CC1. The highest BCUT2D eigenvalue weighted by Crippen LogP contribution is 2.28. The zero-order chi connectivity index (χ0) is 14.8. The molecule has 5 heteroatoms. The summed E-state index contributed by atoms with van der Waals surface area (Å²) in [6, 6.07) is 8.31. The van der Waals surface area contributed by atoms with Gasteiger partial charge in [0.25, 0.3) is 0 Å². The van der Waals surface area contributed by atoms with Crippen molar-refractivity contribution in [2.75, 3.05) is 37.6 Å². The highest BCUT2D eigenvalue weighted by atomic mass is 79.9. The van der Waals surface area contributed by atoms with E-state index in [-0.39, 0.29) is 6.10 Å². The molecule has 1 fully saturated rings. The van der Waals surface area contributed by atoms with Gasteiger partial charge in [-0.25, -0.2) is 0 Å². The Balaban J connectivity index is 1.81. The maximum atomic E-state index is 9.49. The number of piperazine rings is 1. The summed E-state index contributed by atoms with van der Waals surface area (Å²) in [5.74, 6) is 0. The Morgan fingerprint density at radius 1 is 1.24 bits per heavy atom. The van der Waals surface area contributed by atoms with Crippen molar-refractivity contribution in [3.8, 4) is 0 Å². The van der Waals surface area contributed by atoms with Crippen molar-refractivity contribution in [3.63, 3.8) is 0 Å². The Bertz CT molecular complexity index is 624. The zero-order valence-electron chi connectivity index (χ0n) is 12.2. The lowest BCUT2D eigenvalue weighted by atomic mass is 10.1. The highest BCUT2D eigenvalue weighted by Gasteiger charge is 2.19. The summed E-state index contributed by atoms with van der Waals surface area (Å²) in [6.07, 6.45) is 1.63. The molecule has 1 atom stereocenters. The van der Waals surface area contributed by atoms with E-state index in [2.05, 4.69) is 42.8 Å². The molecule has 0 amide bonds. The maximum Gasteiger partial charge on any atom is 0.0723 e. The average Bonchev–Trinajstić information content (AvgIpc) is 2.47. The van der Waals surface area contributed by atoms with Gasteiger partial charge in [-0.2, -0.15) is 0 Å². The number of aliphatic hydroxyl groups is 1. The van der Waals surface area contributed by atoms with E-state index in [4.69, 9.17) is 0 Å². The van der Waals surface area contributed by atoms with E-state index in [1.54, 1.807) is 0 Å². The maximum absolute atomic E-state index is 9.49. The van der Waals surface area contributed by atoms with E-state index < -0.39 is 0 Å². The normalized spacial score (nSPS) is 18.1. The van der Waals surface area contributed by atoms with Crippen molar-refractivity contribution in [3.05, 3.63) is 34.9 Å². The molecule has 1 aromatic carbocycles. The average molecular weight is 350 g/mol. The van der Waals surface area contributed by atoms with Gasteiger partial charge in [0.2, 0.25) is 0 Å². The molecule has 1 saturated heterocycles. The van der Waals surface area contributed by atoms with E-state index in [1.165, 1.54) is 11.1 Å². The van der Waals surface area contributed by atoms with E-state index in [0.717, 1.165) is 42.7 Å². The molecular formula is C16H20BrN3O. The Labute approximate surface area is 133 Å². The van der Waals surface area contributed by atoms with E-state index in [0.29, 0.717) is 0 Å². The van der Waals surface area contributed by atoms with Crippen LogP contribution in [0.15, 0.2) is 34.9 Å². The first-order chi connectivity index (χ1) is 10.1. The third-order valence-corrected chi connectivity index (χ3v) is 4.41. The third kappa shape index (κ3) is 3.36. The predicted octanol–water partition coefficient (Wildman–Crippen LogP) is 2.50. The van der Waals surface area contributed by atoms with Crippen LogP contribution in [0.25, 0.3) is 10.9 Å². The summed E-state index contributed by atoms with van der Waals surface area (Å²) in [5.41, 5.74) is 2.28. The summed E-state index contributed by atoms with van der Waals surface area (Å²) in [4.78, 5) is 9.17. The van der Waals surface area contributed by atoms with Gasteiger partial charge < -0.3 is 10.0 Å². The van der Waals surface area contributed by atoms with Gasteiger partial charge in [-0.05, 0) is 31.2 Å². The number of hydrogen-bond donors (Lipinski definition) is 1. The van der Waals surface area contributed by atoms with Gasteiger partial charge in [0.15, 0.2) is 0 Å². The molecule has 3 rings (SSSR count). The van der Waals surface area contributed by atoms with E-state index in [1.807, 2.05) is 25.3 Å². The number of anilines is 1. The van der Waals surface area contributed by atoms with Crippen LogP contribution in [0.4, 0.5) is 5.69 Å². The summed E-state index contributed by atoms with van der Waals surface area (Å²) in [6.45, 7) is 6.55. The number of benzene rings is 1. The molecule has 0 bridgehead atoms. The molecule has 1 aliphatic heterocycles. The minimum absolute atomic E-state index is 0.255. The minimum atomic E-state index is -0.255. The molecule has 21 heavy (non-hydrogen) atoms. The molecule has 0 unspecified atom stereocenters. The Kier molecular flexibility index (Phi) is 4.42. The predicted molar refractivity (Wildman–Crippen MR) is 89.8 cm³/mol. The number of rotatable bonds is 3. The number of nitrogens with zero attached hydrogens (tertiary/aromatic N) is 3. The number of aliphatic hydroxyl groups excluding tert-OH is 1. The fraction of sp³-hybridized carbons (Fsp3) is 0.438. The van der Waals surface area contributed by atoms with Crippen molar-refractivity contribution in [2.24, 2.45) is 0 Å². The lowest BCUT2D eigenvalue weighted by Crippen LogP contribution is -2.48. The zero-order valence-corrected chi connectivity index (χ0v) is 13.8. The number of halogens is 1. The minimum Gasteiger partial charge on any atom is -0.392 e. The summed E-state index contributed by atoms with van der Waals surface area (Å²) >= 11 is 3.54. The molecule has 1 aromatic heterocycles. The standard InChI is InChI=1S/C16H20BrN3O/c1-12(21)11-19-6-8-20(9-7-19)16-4-5-18-15-3-2-13(17)10-14(15)16/h2-5,10,12,21H,6-9,11H2,1H3/t12-/m1/s1. The van der Waals surface area contributed by atoms with Gasteiger partial charge in [0.1, 0.15) is 0 Å². The lowest BCUT2D eigenvalue weighted by Gasteiger charge is -2.37. The molecule has 2 heterocycles. The molecule has 0 spiro atoms. The van der Waals surface area contributed by atoms with Crippen LogP contribution in [-0.4, -0.2) is 53.8 Å². The number of aromatic nitrogens is 1. The van der Waals surface area contributed by atoms with Crippen LogP contribution in [-0.2, 0) is 0 Å². The van der Waals surface area contributed by atoms with Crippen molar-refractivity contribution in [1.29, 1.82) is 0 Å². The van der Waals surface area contributed by atoms with Gasteiger partial charge in [-0.15, -0.1) is 0 Å². The Hall–Kier alpha value is -1.17. The number of pyridine rings is 1. The van der Waals surface area contributed by atoms with Crippen molar-refractivity contribution in [2.45, 2.75) is 13.0 Å². The van der Waals surface area contributed by atoms with Crippen LogP contribution in [0, 0.1) is 0 Å². The second-order valence-corrected chi connectivity index (χ2v) is 6.54. The van der Waals surface area contributed by atoms with Gasteiger partial charge in [0, 0.05) is 54.5 Å². The van der Waals surface area contributed by atoms with Crippen LogP contribution in [0.1, 0.15) is 6.92 Å². The number of hydrogen-bond acceptors (Lipinski definition) is 4. The topological polar surface area (TPSA) is 39.6 Å². The summed E-state index contributed by atoms with van der Waals surface area (Å²) < 4.78 is 1.08. The van der Waals surface area contributed by atoms with Crippen LogP contribution < -0.4 is 4.90 Å². The molecule has 1 N–H and O–H groups in total. The molecule has 2 aromatic rings. The molecular weight excluding hydrogens is 330 g/mol. The van der Waals surface area contributed by atoms with Crippen LogP contribution in [0.2, 0.25) is 0 Å². The third-order valence-electron chi connectivity index (χ3n) is 3.92. The lowest BCUT2D eigenvalue weighted by molar-refractivity contribution is 0.123. The fourth-order valence-electron chi connectivity index (χ4n) is 2.92. The first kappa shape index (κ1) is 14.8. The van der Waals surface area contributed by atoms with Crippen molar-refractivity contribution in [1.82, 2.24) is 9.88 Å². The largest absolute Gasteiger partial charge is 0.392 e. The fourth-order valence-corrected chi connectivity index (χ4v) is 3.29. The Morgan fingerprint density at radius 3 is 2.71 bits per heavy atom. The first-order valence-electron chi connectivity index (χ1n) is 7.33. The first-order valence-corrected chi connectivity index (χ1v) is 8.12. The molecule has 0 aliphatic carbocycles. The van der Waals surface area contributed by atoms with Crippen LogP contribution in [0.3, 0.4) is 0 Å². The second-order valence-electron chi connectivity index (χ2n) is 5.63. The summed E-state index contributed by atoms with van der Waals surface area (Å²) in [7, 11) is 0. The monoisotopic (exact) mass is 349 g/mol. The molecule has 0 radical (unpaired) electrons. The Morgan fingerprint density at radius 2 is 2.00 bits per heavy atom. The van der Waals surface area contributed by atoms with Crippen LogP contribution in [0.5, 0.6) is 0 Å². The van der Waals surface area contributed by atoms with Crippen molar-refractivity contribution >= 4 is 32.5 Å². The van der Waals surface area contributed by atoms with E-state index >= 15 is 0 Å². The van der Waals surface area contributed by atoms with Gasteiger partial charge in [0.05, 0.1) is 11.6 Å². The number of fused-ring (bicyclic) bond motifs is 1. The van der Waals surface area contributed by atoms with Crippen LogP contribution >= 0.6 is 15.9 Å². The quantitative estimate of drug-likeness (QED) is 0.923. The smallest absolute Gasteiger partial charge is 0.0723 e. The van der Waals surface area contributed by atoms with E-state index in [9.17, 15) is 5.11 Å².